The van der Waals surface area contributed by atoms with Crippen molar-refractivity contribution in [3.05, 3.63) is 70.9 Å². The van der Waals surface area contributed by atoms with Crippen LogP contribution in [0.1, 0.15) is 17.2 Å². The minimum absolute atomic E-state index is 0.202. The maximum atomic E-state index is 12.3. The molecule has 1 saturated heterocycles. The van der Waals surface area contributed by atoms with Crippen LogP contribution in [-0.2, 0) is 9.53 Å². The molecule has 0 spiro atoms. The molecule has 2 heterocycles. The topological polar surface area (TPSA) is 75.6 Å². The molecule has 136 valence electrons. The van der Waals surface area contributed by atoms with Crippen molar-refractivity contribution < 1.29 is 9.53 Å². The van der Waals surface area contributed by atoms with E-state index in [9.17, 15) is 4.79 Å². The highest BCUT2D eigenvalue weighted by Gasteiger charge is 2.23. The lowest BCUT2D eigenvalue weighted by Crippen LogP contribution is -2.26. The van der Waals surface area contributed by atoms with Gasteiger partial charge in [-0.05, 0) is 29.3 Å². The summed E-state index contributed by atoms with van der Waals surface area (Å²) in [5, 5.41) is 5.85. The first-order valence-electron chi connectivity index (χ1n) is 8.48. The molecule has 1 fully saturated rings. The number of carbonyl (C=O) groups is 1. The molecule has 7 heteroatoms. The molecule has 27 heavy (non-hydrogen) atoms. The molecule has 1 aliphatic heterocycles. The summed E-state index contributed by atoms with van der Waals surface area (Å²) in [7, 11) is 1.64. The van der Waals surface area contributed by atoms with Crippen LogP contribution in [0, 0.1) is 0 Å². The van der Waals surface area contributed by atoms with Gasteiger partial charge in [-0.1, -0.05) is 36.4 Å². The van der Waals surface area contributed by atoms with E-state index in [1.54, 1.807) is 18.4 Å². The highest BCUT2D eigenvalue weighted by atomic mass is 32.1. The first kappa shape index (κ1) is 17.4. The van der Waals surface area contributed by atoms with E-state index in [-0.39, 0.29) is 11.9 Å². The summed E-state index contributed by atoms with van der Waals surface area (Å²) in [6.07, 6.45) is 1.81. The monoisotopic (exact) mass is 378 g/mol. The lowest BCUT2D eigenvalue weighted by molar-refractivity contribution is -0.115. The average Bonchev–Trinajstić information content (AvgIpc) is 3.28. The number of aromatic nitrogens is 1. The molecule has 4 rings (SSSR count). The van der Waals surface area contributed by atoms with Gasteiger partial charge in [0, 0.05) is 7.11 Å². The summed E-state index contributed by atoms with van der Waals surface area (Å²) in [5.74, 6) is 0.221. The number of guanidine groups is 1. The third kappa shape index (κ3) is 3.89. The zero-order valence-corrected chi connectivity index (χ0v) is 15.5. The van der Waals surface area contributed by atoms with Crippen LogP contribution in [0.2, 0.25) is 0 Å². The van der Waals surface area contributed by atoms with Gasteiger partial charge in [-0.25, -0.2) is 9.98 Å². The second kappa shape index (κ2) is 7.69. The quantitative estimate of drug-likeness (QED) is 0.669. The summed E-state index contributed by atoms with van der Waals surface area (Å²) >= 11 is 1.57. The maximum Gasteiger partial charge on any atom is 0.274 e. The Bertz CT molecular complexity index is 1030. The van der Waals surface area contributed by atoms with Crippen LogP contribution in [-0.4, -0.2) is 30.6 Å². The maximum absolute atomic E-state index is 12.3. The number of thiazole rings is 1. The van der Waals surface area contributed by atoms with Gasteiger partial charge in [0.05, 0.1) is 22.3 Å². The lowest BCUT2D eigenvalue weighted by atomic mass is 10.1. The number of aliphatic imine (C=N–C) groups is 1. The van der Waals surface area contributed by atoms with E-state index in [2.05, 4.69) is 20.6 Å². The number of benzene rings is 2. The summed E-state index contributed by atoms with van der Waals surface area (Å²) < 4.78 is 6.37. The Labute approximate surface area is 160 Å². The third-order valence-electron chi connectivity index (χ3n) is 4.19. The van der Waals surface area contributed by atoms with Gasteiger partial charge in [0.2, 0.25) is 5.96 Å². The zero-order valence-electron chi connectivity index (χ0n) is 14.7. The van der Waals surface area contributed by atoms with Crippen molar-refractivity contribution in [3.8, 4) is 0 Å². The van der Waals surface area contributed by atoms with E-state index >= 15 is 0 Å². The van der Waals surface area contributed by atoms with Crippen molar-refractivity contribution in [3.63, 3.8) is 0 Å². The predicted octanol–water partition coefficient (Wildman–Crippen LogP) is 3.10. The molecule has 6 nitrogen and oxygen atoms in total. The fourth-order valence-electron chi connectivity index (χ4n) is 2.88. The van der Waals surface area contributed by atoms with Gasteiger partial charge in [-0.2, -0.15) is 0 Å². The fourth-order valence-corrected chi connectivity index (χ4v) is 3.61. The summed E-state index contributed by atoms with van der Waals surface area (Å²) in [5.41, 5.74) is 5.19. The Hall–Kier alpha value is -3.03. The van der Waals surface area contributed by atoms with Crippen molar-refractivity contribution in [2.24, 2.45) is 4.99 Å². The highest BCUT2D eigenvalue weighted by Crippen LogP contribution is 2.21. The molecule has 2 N–H and O–H groups in total. The molecule has 2 aromatic carbocycles. The van der Waals surface area contributed by atoms with E-state index in [0.29, 0.717) is 18.3 Å². The van der Waals surface area contributed by atoms with E-state index < -0.39 is 0 Å². The summed E-state index contributed by atoms with van der Waals surface area (Å²) in [6, 6.07) is 15.6. The van der Waals surface area contributed by atoms with Crippen LogP contribution in [0.3, 0.4) is 0 Å². The molecule has 0 bridgehead atoms. The van der Waals surface area contributed by atoms with Crippen LogP contribution in [0.15, 0.2) is 64.7 Å². The number of methoxy groups -OCH3 is 1. The van der Waals surface area contributed by atoms with Crippen molar-refractivity contribution >= 4 is 39.5 Å². The number of fused-ring (bicyclic) bond motifs is 1. The number of nitrogens with zero attached hydrogens (tertiary/aromatic N) is 2. The Kier molecular flexibility index (Phi) is 4.95. The van der Waals surface area contributed by atoms with Crippen LogP contribution >= 0.6 is 11.3 Å². The smallest absolute Gasteiger partial charge is 0.274 e. The Morgan fingerprint density at radius 1 is 1.22 bits per heavy atom. The Morgan fingerprint density at radius 3 is 2.89 bits per heavy atom. The van der Waals surface area contributed by atoms with Crippen LogP contribution in [0.5, 0.6) is 0 Å². The molecule has 1 amide bonds. The number of ether oxygens (including phenoxy) is 1. The van der Waals surface area contributed by atoms with Crippen molar-refractivity contribution in [2.45, 2.75) is 6.04 Å². The van der Waals surface area contributed by atoms with Crippen LogP contribution in [0.4, 0.5) is 0 Å². The molecule has 3 aromatic rings. The minimum atomic E-state index is -0.206. The number of nitrogens with one attached hydrogen (secondary N) is 2. The van der Waals surface area contributed by atoms with Crippen LogP contribution < -0.4 is 10.6 Å². The van der Waals surface area contributed by atoms with E-state index in [1.165, 1.54) is 0 Å². The van der Waals surface area contributed by atoms with Crippen molar-refractivity contribution in [1.29, 1.82) is 0 Å². The van der Waals surface area contributed by atoms with Gasteiger partial charge in [0.1, 0.15) is 11.7 Å². The second-order valence-corrected chi connectivity index (χ2v) is 6.96. The zero-order chi connectivity index (χ0) is 18.6. The Morgan fingerprint density at radius 2 is 2.07 bits per heavy atom. The highest BCUT2D eigenvalue weighted by molar-refractivity contribution is 7.16. The third-order valence-corrected chi connectivity index (χ3v) is 4.98. The van der Waals surface area contributed by atoms with Gasteiger partial charge in [-0.15, -0.1) is 11.3 Å². The molecule has 0 saturated carbocycles. The Balaban J connectivity index is 1.57. The number of amides is 1. The predicted molar refractivity (Wildman–Crippen MR) is 107 cm³/mol. The first-order valence-corrected chi connectivity index (χ1v) is 9.36. The second-order valence-electron chi connectivity index (χ2n) is 6.08. The molecule has 1 aromatic heterocycles. The van der Waals surface area contributed by atoms with Gasteiger partial charge in [0.15, 0.2) is 0 Å². The molecular weight excluding hydrogens is 360 g/mol. The first-order chi connectivity index (χ1) is 13.2. The SMILES string of the molecule is COCC(N=C1NC(=O)/C(=C/c2ccc3ncsc3c2)N1)c1ccccc1. The summed E-state index contributed by atoms with van der Waals surface area (Å²) in [6.45, 7) is 0.423. The van der Waals surface area contributed by atoms with Gasteiger partial charge in [-0.3, -0.25) is 10.1 Å². The molecule has 1 unspecified atom stereocenters. The van der Waals surface area contributed by atoms with E-state index in [0.717, 1.165) is 21.3 Å². The van der Waals surface area contributed by atoms with E-state index in [1.807, 2.05) is 60.1 Å². The average molecular weight is 378 g/mol. The number of rotatable bonds is 5. The number of carbonyl (C=O) groups excluding carboxylic acids is 1. The van der Waals surface area contributed by atoms with Gasteiger partial charge < -0.3 is 10.1 Å². The molecule has 1 atom stereocenters. The standard InChI is InChI=1S/C20H18N4O2S/c1-26-11-17(14-5-3-2-4-6-14)23-20-22-16(19(25)24-20)9-13-7-8-15-18(10-13)27-12-21-15/h2-10,12,17H,11H2,1H3,(H2,22,23,24,25)/b16-9-. The van der Waals surface area contributed by atoms with Crippen molar-refractivity contribution in [1.82, 2.24) is 15.6 Å². The summed E-state index contributed by atoms with van der Waals surface area (Å²) in [4.78, 5) is 21.2. The van der Waals surface area contributed by atoms with Crippen molar-refractivity contribution in [2.75, 3.05) is 13.7 Å². The normalized spacial score (nSPS) is 18.0. The van der Waals surface area contributed by atoms with Crippen LogP contribution in [0.25, 0.3) is 16.3 Å². The molecule has 0 radical (unpaired) electrons. The minimum Gasteiger partial charge on any atom is -0.382 e. The molecular formula is C20H18N4O2S. The fraction of sp³-hybridized carbons (Fsp3) is 0.150. The number of hydrogen-bond acceptors (Lipinski definition) is 5. The van der Waals surface area contributed by atoms with E-state index in [4.69, 9.17) is 4.74 Å². The lowest BCUT2D eigenvalue weighted by Gasteiger charge is -2.12. The molecule has 1 aliphatic rings. The number of hydrogen-bond donors (Lipinski definition) is 2. The largest absolute Gasteiger partial charge is 0.382 e. The van der Waals surface area contributed by atoms with Gasteiger partial charge in [0.25, 0.3) is 5.91 Å². The van der Waals surface area contributed by atoms with Gasteiger partial charge >= 0.3 is 0 Å². The molecule has 0 aliphatic carbocycles.